The van der Waals surface area contributed by atoms with E-state index in [-0.39, 0.29) is 11.9 Å². The van der Waals surface area contributed by atoms with Crippen LogP contribution in [0.3, 0.4) is 0 Å². The Morgan fingerprint density at radius 1 is 1.56 bits per heavy atom. The molecule has 0 saturated heterocycles. The van der Waals surface area contributed by atoms with E-state index in [9.17, 15) is 9.90 Å². The van der Waals surface area contributed by atoms with Gasteiger partial charge in [0.15, 0.2) is 0 Å². The van der Waals surface area contributed by atoms with Gasteiger partial charge in [-0.15, -0.1) is 0 Å². The molecule has 0 heterocycles. The van der Waals surface area contributed by atoms with E-state index in [0.29, 0.717) is 18.4 Å². The van der Waals surface area contributed by atoms with Crippen molar-refractivity contribution in [2.45, 2.75) is 52.6 Å². The minimum Gasteiger partial charge on any atom is -0.466 e. The van der Waals surface area contributed by atoms with Gasteiger partial charge in [-0.3, -0.25) is 4.79 Å². The molecule has 0 bridgehead atoms. The summed E-state index contributed by atoms with van der Waals surface area (Å²) < 4.78 is 4.98. The highest BCUT2D eigenvalue weighted by Crippen LogP contribution is 2.45. The summed E-state index contributed by atoms with van der Waals surface area (Å²) >= 11 is 0. The second-order valence-electron chi connectivity index (χ2n) is 5.54. The second-order valence-corrected chi connectivity index (χ2v) is 5.54. The van der Waals surface area contributed by atoms with Gasteiger partial charge in [0, 0.05) is 6.92 Å². The molecule has 16 heavy (non-hydrogen) atoms. The zero-order valence-electron chi connectivity index (χ0n) is 10.8. The summed E-state index contributed by atoms with van der Waals surface area (Å²) in [4.78, 5) is 10.7. The Morgan fingerprint density at radius 3 is 2.69 bits per heavy atom. The first-order chi connectivity index (χ1) is 7.34. The average molecular weight is 228 g/mol. The van der Waals surface area contributed by atoms with Crippen LogP contribution in [0.25, 0.3) is 0 Å². The molecular formula is C13H24O3. The van der Waals surface area contributed by atoms with Crippen LogP contribution in [0.15, 0.2) is 0 Å². The van der Waals surface area contributed by atoms with Crippen molar-refractivity contribution >= 4 is 5.97 Å². The van der Waals surface area contributed by atoms with E-state index in [1.807, 2.05) is 6.92 Å². The standard InChI is InChI=1S/C13H24O3/c1-9(2)11-5-7-13(4,15)12(11)6-8-16-10(3)14/h9,11-12,15H,5-8H2,1-4H3/t11-,12-,13+/m0/s1. The number of rotatable bonds is 4. The van der Waals surface area contributed by atoms with Crippen molar-refractivity contribution in [1.82, 2.24) is 0 Å². The van der Waals surface area contributed by atoms with Crippen LogP contribution in [0.1, 0.15) is 47.0 Å². The van der Waals surface area contributed by atoms with Crippen molar-refractivity contribution in [3.8, 4) is 0 Å². The lowest BCUT2D eigenvalue weighted by molar-refractivity contribution is -0.142. The minimum absolute atomic E-state index is 0.237. The monoisotopic (exact) mass is 228 g/mol. The molecule has 1 fully saturated rings. The molecule has 0 spiro atoms. The van der Waals surface area contributed by atoms with Crippen LogP contribution in [-0.2, 0) is 9.53 Å². The maximum atomic E-state index is 10.7. The van der Waals surface area contributed by atoms with E-state index >= 15 is 0 Å². The third-order valence-corrected chi connectivity index (χ3v) is 3.89. The molecule has 1 aliphatic carbocycles. The fourth-order valence-corrected chi connectivity index (χ4v) is 2.96. The second kappa shape index (κ2) is 5.17. The molecule has 0 aromatic rings. The van der Waals surface area contributed by atoms with Crippen molar-refractivity contribution in [2.75, 3.05) is 6.61 Å². The van der Waals surface area contributed by atoms with E-state index in [2.05, 4.69) is 13.8 Å². The van der Waals surface area contributed by atoms with Gasteiger partial charge < -0.3 is 9.84 Å². The van der Waals surface area contributed by atoms with Crippen molar-refractivity contribution in [3.05, 3.63) is 0 Å². The zero-order chi connectivity index (χ0) is 12.3. The lowest BCUT2D eigenvalue weighted by atomic mass is 9.79. The highest BCUT2D eigenvalue weighted by atomic mass is 16.5. The van der Waals surface area contributed by atoms with Crippen LogP contribution in [0.4, 0.5) is 0 Å². The zero-order valence-corrected chi connectivity index (χ0v) is 10.8. The third-order valence-electron chi connectivity index (χ3n) is 3.89. The molecule has 0 aromatic carbocycles. The van der Waals surface area contributed by atoms with Gasteiger partial charge in [0.05, 0.1) is 12.2 Å². The van der Waals surface area contributed by atoms with Crippen LogP contribution < -0.4 is 0 Å². The molecule has 1 rings (SSSR count). The van der Waals surface area contributed by atoms with Gasteiger partial charge in [-0.1, -0.05) is 13.8 Å². The van der Waals surface area contributed by atoms with E-state index in [1.54, 1.807) is 0 Å². The summed E-state index contributed by atoms with van der Waals surface area (Å²) in [7, 11) is 0. The number of esters is 1. The van der Waals surface area contributed by atoms with Crippen LogP contribution in [0, 0.1) is 17.8 Å². The Bertz CT molecular complexity index is 246. The summed E-state index contributed by atoms with van der Waals surface area (Å²) in [5, 5.41) is 10.3. The molecule has 0 unspecified atom stereocenters. The maximum Gasteiger partial charge on any atom is 0.302 e. The van der Waals surface area contributed by atoms with Crippen LogP contribution in [0.2, 0.25) is 0 Å². The first kappa shape index (κ1) is 13.5. The van der Waals surface area contributed by atoms with Crippen LogP contribution in [0.5, 0.6) is 0 Å². The highest BCUT2D eigenvalue weighted by Gasteiger charge is 2.44. The molecule has 1 saturated carbocycles. The molecule has 0 aliphatic heterocycles. The Labute approximate surface area is 98.2 Å². The Hall–Kier alpha value is -0.570. The normalized spacial score (nSPS) is 34.4. The molecule has 0 amide bonds. The van der Waals surface area contributed by atoms with Gasteiger partial charge in [-0.05, 0) is 43.9 Å². The first-order valence-electron chi connectivity index (χ1n) is 6.20. The molecule has 1 aliphatic rings. The molecule has 3 atom stereocenters. The predicted molar refractivity (Wildman–Crippen MR) is 62.9 cm³/mol. The summed E-state index contributed by atoms with van der Waals surface area (Å²) in [5.41, 5.74) is -0.588. The molecule has 3 heteroatoms. The van der Waals surface area contributed by atoms with Gasteiger partial charge in [0.25, 0.3) is 0 Å². The van der Waals surface area contributed by atoms with Crippen molar-refractivity contribution in [3.63, 3.8) is 0 Å². The maximum absolute atomic E-state index is 10.7. The number of hydrogen-bond acceptors (Lipinski definition) is 3. The van der Waals surface area contributed by atoms with Crippen LogP contribution >= 0.6 is 0 Å². The lowest BCUT2D eigenvalue weighted by Gasteiger charge is -2.31. The van der Waals surface area contributed by atoms with E-state index in [0.717, 1.165) is 19.3 Å². The Balaban J connectivity index is 2.54. The smallest absolute Gasteiger partial charge is 0.302 e. The molecule has 0 radical (unpaired) electrons. The summed E-state index contributed by atoms with van der Waals surface area (Å²) in [6, 6.07) is 0. The summed E-state index contributed by atoms with van der Waals surface area (Å²) in [6.45, 7) is 8.16. The predicted octanol–water partition coefficient (Wildman–Crippen LogP) is 2.37. The molecule has 1 N–H and O–H groups in total. The van der Waals surface area contributed by atoms with Crippen LogP contribution in [-0.4, -0.2) is 23.3 Å². The number of carbonyl (C=O) groups excluding carboxylic acids is 1. The van der Waals surface area contributed by atoms with Crippen molar-refractivity contribution in [1.29, 1.82) is 0 Å². The Kier molecular flexibility index (Phi) is 4.36. The van der Waals surface area contributed by atoms with Gasteiger partial charge in [-0.2, -0.15) is 0 Å². The van der Waals surface area contributed by atoms with Gasteiger partial charge in [0.1, 0.15) is 0 Å². The highest BCUT2D eigenvalue weighted by molar-refractivity contribution is 5.65. The lowest BCUT2D eigenvalue weighted by Crippen LogP contribution is -2.34. The summed E-state index contributed by atoms with van der Waals surface area (Å²) in [5.74, 6) is 1.15. The van der Waals surface area contributed by atoms with E-state index < -0.39 is 5.60 Å². The van der Waals surface area contributed by atoms with Gasteiger partial charge >= 0.3 is 5.97 Å². The largest absolute Gasteiger partial charge is 0.466 e. The molecule has 94 valence electrons. The van der Waals surface area contributed by atoms with Crippen molar-refractivity contribution < 1.29 is 14.6 Å². The molecule has 3 nitrogen and oxygen atoms in total. The Morgan fingerprint density at radius 2 is 2.19 bits per heavy atom. The van der Waals surface area contributed by atoms with Gasteiger partial charge in [0.2, 0.25) is 0 Å². The fraction of sp³-hybridized carbons (Fsp3) is 0.923. The molecule has 0 aromatic heterocycles. The topological polar surface area (TPSA) is 46.5 Å². The number of hydrogen-bond donors (Lipinski definition) is 1. The summed E-state index contributed by atoms with van der Waals surface area (Å²) in [6.07, 6.45) is 2.71. The van der Waals surface area contributed by atoms with Crippen molar-refractivity contribution in [2.24, 2.45) is 17.8 Å². The fourth-order valence-electron chi connectivity index (χ4n) is 2.96. The van der Waals surface area contributed by atoms with E-state index in [1.165, 1.54) is 6.92 Å². The SMILES string of the molecule is CC(=O)OCC[C@H]1[C@H](C(C)C)CC[C@@]1(C)O. The molecular weight excluding hydrogens is 204 g/mol. The van der Waals surface area contributed by atoms with E-state index in [4.69, 9.17) is 4.74 Å². The quantitative estimate of drug-likeness (QED) is 0.751. The average Bonchev–Trinajstić information content (AvgIpc) is 2.42. The first-order valence-corrected chi connectivity index (χ1v) is 6.20. The minimum atomic E-state index is -0.588. The van der Waals surface area contributed by atoms with Gasteiger partial charge in [-0.25, -0.2) is 0 Å². The number of aliphatic hydroxyl groups is 1. The number of carbonyl (C=O) groups is 1. The third kappa shape index (κ3) is 3.21. The number of ether oxygens (including phenoxy) is 1.